The molecule has 3 N–H and O–H groups in total. The van der Waals surface area contributed by atoms with Crippen LogP contribution >= 0.6 is 0 Å². The number of aryl methyl sites for hydroxylation is 1. The maximum Gasteiger partial charge on any atom is 0.189 e. The number of hydrogen-bond acceptors (Lipinski definition) is 3. The van der Waals surface area contributed by atoms with Crippen LogP contribution in [0.3, 0.4) is 0 Å². The average Bonchev–Trinajstić information content (AvgIpc) is 2.72. The Balaban J connectivity index is 1.84. The molecule has 1 heterocycles. The van der Waals surface area contributed by atoms with Crippen molar-refractivity contribution in [2.24, 2.45) is 10.7 Å². The number of aromatic nitrogens is 3. The Labute approximate surface area is 114 Å². The molecule has 6 nitrogen and oxygen atoms in total. The van der Waals surface area contributed by atoms with Gasteiger partial charge >= 0.3 is 0 Å². The van der Waals surface area contributed by atoms with Crippen molar-refractivity contribution in [3.63, 3.8) is 0 Å². The van der Waals surface area contributed by atoms with Crippen LogP contribution in [-0.4, -0.2) is 26.8 Å². The topological polar surface area (TPSA) is 81.1 Å². The Morgan fingerprint density at radius 1 is 1.42 bits per heavy atom. The van der Waals surface area contributed by atoms with Crippen LogP contribution in [0.15, 0.2) is 11.3 Å². The molecule has 2 rings (SSSR count). The van der Waals surface area contributed by atoms with Gasteiger partial charge in [-0.1, -0.05) is 25.7 Å². The number of nitrogens with zero attached hydrogens (tertiary/aromatic N) is 4. The Bertz CT molecular complexity index is 403. The zero-order valence-electron chi connectivity index (χ0n) is 11.7. The predicted octanol–water partition coefficient (Wildman–Crippen LogP) is 1.43. The van der Waals surface area contributed by atoms with Gasteiger partial charge in [-0.3, -0.25) is 0 Å². The molecule has 0 radical (unpaired) electrons. The van der Waals surface area contributed by atoms with E-state index in [1.54, 1.807) is 6.33 Å². The first-order valence-corrected chi connectivity index (χ1v) is 7.22. The van der Waals surface area contributed by atoms with Crippen molar-refractivity contribution >= 4 is 5.96 Å². The maximum atomic E-state index is 5.95. The second-order valence-electron chi connectivity index (χ2n) is 5.07. The largest absolute Gasteiger partial charge is 0.370 e. The molecule has 6 heteroatoms. The van der Waals surface area contributed by atoms with Gasteiger partial charge in [-0.15, -0.1) is 10.2 Å². The zero-order valence-corrected chi connectivity index (χ0v) is 11.7. The molecule has 1 aromatic heterocycles. The van der Waals surface area contributed by atoms with E-state index in [9.17, 15) is 0 Å². The molecular formula is C13H24N6. The van der Waals surface area contributed by atoms with Crippen LogP contribution in [0.2, 0.25) is 0 Å². The van der Waals surface area contributed by atoms with Gasteiger partial charge in [0.2, 0.25) is 0 Å². The molecule has 0 atom stereocenters. The number of guanidine groups is 1. The third-order valence-corrected chi connectivity index (χ3v) is 3.63. The van der Waals surface area contributed by atoms with E-state index < -0.39 is 0 Å². The zero-order chi connectivity index (χ0) is 13.5. The summed E-state index contributed by atoms with van der Waals surface area (Å²) in [5.41, 5.74) is 5.95. The van der Waals surface area contributed by atoms with E-state index in [4.69, 9.17) is 5.73 Å². The van der Waals surface area contributed by atoms with Crippen molar-refractivity contribution in [2.75, 3.05) is 0 Å². The minimum absolute atomic E-state index is 0.482. The van der Waals surface area contributed by atoms with Crippen LogP contribution in [0, 0.1) is 0 Å². The number of rotatable bonds is 4. The van der Waals surface area contributed by atoms with Crippen molar-refractivity contribution < 1.29 is 0 Å². The smallest absolute Gasteiger partial charge is 0.189 e. The molecule has 0 saturated heterocycles. The summed E-state index contributed by atoms with van der Waals surface area (Å²) in [6.45, 7) is 3.40. The second kappa shape index (κ2) is 7.11. The molecule has 1 aromatic rings. The lowest BCUT2D eigenvalue weighted by Crippen LogP contribution is -2.39. The van der Waals surface area contributed by atoms with E-state index in [1.807, 2.05) is 4.57 Å². The normalized spacial score (nSPS) is 18.3. The fourth-order valence-corrected chi connectivity index (χ4v) is 2.50. The van der Waals surface area contributed by atoms with Crippen LogP contribution in [-0.2, 0) is 13.1 Å². The molecule has 0 aromatic carbocycles. The fourth-order valence-electron chi connectivity index (χ4n) is 2.50. The van der Waals surface area contributed by atoms with Crippen LogP contribution in [0.4, 0.5) is 0 Å². The predicted molar refractivity (Wildman–Crippen MR) is 75.6 cm³/mol. The van der Waals surface area contributed by atoms with Crippen molar-refractivity contribution in [1.29, 1.82) is 0 Å². The summed E-state index contributed by atoms with van der Waals surface area (Å²) in [6.07, 6.45) is 9.37. The van der Waals surface area contributed by atoms with Gasteiger partial charge in [0, 0.05) is 12.6 Å². The lowest BCUT2D eigenvalue weighted by molar-refractivity contribution is 0.529. The summed E-state index contributed by atoms with van der Waals surface area (Å²) < 4.78 is 1.97. The molecule has 19 heavy (non-hydrogen) atoms. The Morgan fingerprint density at radius 3 is 2.84 bits per heavy atom. The number of nitrogens with one attached hydrogen (secondary N) is 1. The highest BCUT2D eigenvalue weighted by Crippen LogP contribution is 2.16. The van der Waals surface area contributed by atoms with Gasteiger partial charge in [-0.05, 0) is 19.8 Å². The average molecular weight is 264 g/mol. The third kappa shape index (κ3) is 4.22. The van der Waals surface area contributed by atoms with E-state index >= 15 is 0 Å². The molecule has 1 fully saturated rings. The minimum atomic E-state index is 0.482. The summed E-state index contributed by atoms with van der Waals surface area (Å²) in [7, 11) is 0. The summed E-state index contributed by atoms with van der Waals surface area (Å²) in [5.74, 6) is 1.38. The molecule has 0 unspecified atom stereocenters. The molecule has 0 bridgehead atoms. The van der Waals surface area contributed by atoms with Gasteiger partial charge < -0.3 is 15.6 Å². The molecule has 106 valence electrons. The molecule has 0 aliphatic heterocycles. The van der Waals surface area contributed by atoms with E-state index in [0.29, 0.717) is 18.5 Å². The van der Waals surface area contributed by atoms with Crippen molar-refractivity contribution in [2.45, 2.75) is 64.6 Å². The van der Waals surface area contributed by atoms with E-state index in [1.165, 1.54) is 38.5 Å². The Kier molecular flexibility index (Phi) is 5.18. The van der Waals surface area contributed by atoms with Crippen LogP contribution < -0.4 is 11.1 Å². The van der Waals surface area contributed by atoms with Crippen molar-refractivity contribution in [3.05, 3.63) is 12.2 Å². The summed E-state index contributed by atoms with van der Waals surface area (Å²) in [4.78, 5) is 4.36. The van der Waals surface area contributed by atoms with Crippen LogP contribution in [0.25, 0.3) is 0 Å². The maximum absolute atomic E-state index is 5.95. The number of nitrogens with two attached hydrogens (primary N) is 1. The summed E-state index contributed by atoms with van der Waals surface area (Å²) >= 11 is 0. The standard InChI is InChI=1S/C13H24N6/c1-2-19-10-16-18-12(19)9-15-13(14)17-11-7-5-3-4-6-8-11/h10-11H,2-9H2,1H3,(H3,14,15,17). The van der Waals surface area contributed by atoms with Crippen molar-refractivity contribution in [1.82, 2.24) is 20.1 Å². The molecular weight excluding hydrogens is 240 g/mol. The quantitative estimate of drug-likeness (QED) is 0.489. The monoisotopic (exact) mass is 264 g/mol. The van der Waals surface area contributed by atoms with Gasteiger partial charge in [0.1, 0.15) is 12.9 Å². The number of hydrogen-bond donors (Lipinski definition) is 2. The van der Waals surface area contributed by atoms with E-state index in [0.717, 1.165) is 12.4 Å². The Hall–Kier alpha value is -1.59. The molecule has 1 aliphatic carbocycles. The highest BCUT2D eigenvalue weighted by molar-refractivity contribution is 5.78. The molecule has 0 amide bonds. The minimum Gasteiger partial charge on any atom is -0.370 e. The lowest BCUT2D eigenvalue weighted by Gasteiger charge is -2.16. The van der Waals surface area contributed by atoms with E-state index in [-0.39, 0.29) is 0 Å². The van der Waals surface area contributed by atoms with Crippen LogP contribution in [0.1, 0.15) is 51.3 Å². The molecule has 0 spiro atoms. The van der Waals surface area contributed by atoms with Gasteiger partial charge in [-0.25, -0.2) is 4.99 Å². The van der Waals surface area contributed by atoms with Gasteiger partial charge in [0.25, 0.3) is 0 Å². The highest BCUT2D eigenvalue weighted by atomic mass is 15.3. The third-order valence-electron chi connectivity index (χ3n) is 3.63. The first-order chi connectivity index (χ1) is 9.29. The first-order valence-electron chi connectivity index (χ1n) is 7.22. The van der Waals surface area contributed by atoms with E-state index in [2.05, 4.69) is 27.4 Å². The van der Waals surface area contributed by atoms with Gasteiger partial charge in [0.05, 0.1) is 0 Å². The highest BCUT2D eigenvalue weighted by Gasteiger charge is 2.12. The van der Waals surface area contributed by atoms with Gasteiger partial charge in [0.15, 0.2) is 11.8 Å². The summed E-state index contributed by atoms with van der Waals surface area (Å²) in [5, 5.41) is 11.3. The van der Waals surface area contributed by atoms with Gasteiger partial charge in [-0.2, -0.15) is 0 Å². The molecule has 1 saturated carbocycles. The second-order valence-corrected chi connectivity index (χ2v) is 5.07. The summed E-state index contributed by atoms with van der Waals surface area (Å²) in [6, 6.07) is 0.482. The molecule has 1 aliphatic rings. The fraction of sp³-hybridized carbons (Fsp3) is 0.769. The lowest BCUT2D eigenvalue weighted by atomic mass is 10.1. The Morgan fingerprint density at radius 2 is 2.16 bits per heavy atom. The number of aliphatic imine (C=N–C) groups is 1. The van der Waals surface area contributed by atoms with Crippen LogP contribution in [0.5, 0.6) is 0 Å². The first kappa shape index (κ1) is 13.8. The van der Waals surface area contributed by atoms with Crippen molar-refractivity contribution in [3.8, 4) is 0 Å². The SMILES string of the molecule is CCn1cnnc1CN=C(N)NC1CCCCCC1.